The molecule has 0 bridgehead atoms. The molecule has 0 amide bonds. The number of ether oxygens (including phenoxy) is 1. The van der Waals surface area contributed by atoms with Crippen LogP contribution in [0.15, 0.2) is 12.1 Å². The van der Waals surface area contributed by atoms with Crippen LogP contribution < -0.4 is 4.72 Å². The van der Waals surface area contributed by atoms with Gasteiger partial charge in [0.1, 0.15) is 0 Å². The minimum absolute atomic E-state index is 0.0217. The van der Waals surface area contributed by atoms with Crippen LogP contribution in [-0.4, -0.2) is 68.7 Å². The molecule has 0 saturated carbocycles. The van der Waals surface area contributed by atoms with E-state index in [1.807, 2.05) is 11.3 Å². The number of carboxylic acid groups (broad SMARTS) is 1. The highest BCUT2D eigenvalue weighted by Gasteiger charge is 2.46. The molecule has 2 fully saturated rings. The molecule has 3 heterocycles. The van der Waals surface area contributed by atoms with Gasteiger partial charge in [0, 0.05) is 35.9 Å². The molecule has 0 aromatic carbocycles. The molecular weight excluding hydrogens is 433 g/mol. The Balaban J connectivity index is 0.000000370. The molecule has 7 nitrogen and oxygen atoms in total. The number of rotatable bonds is 5. The summed E-state index contributed by atoms with van der Waals surface area (Å²) in [5.74, 6) is -2.46. The molecule has 0 aliphatic carbocycles. The van der Waals surface area contributed by atoms with Crippen LogP contribution in [0, 0.1) is 12.8 Å². The molecule has 1 spiro atoms. The smallest absolute Gasteiger partial charge is 0.475 e. The predicted molar refractivity (Wildman–Crippen MR) is 102 cm³/mol. The summed E-state index contributed by atoms with van der Waals surface area (Å²) in [6, 6.07) is 4.38. The van der Waals surface area contributed by atoms with Gasteiger partial charge in [-0.3, -0.25) is 4.90 Å². The number of aliphatic carboxylic acids is 1. The first-order valence-electron chi connectivity index (χ1n) is 8.94. The van der Waals surface area contributed by atoms with Gasteiger partial charge in [0.25, 0.3) is 0 Å². The van der Waals surface area contributed by atoms with Gasteiger partial charge in [0.05, 0.1) is 18.5 Å². The number of carbonyl (C=O) groups is 1. The highest BCUT2D eigenvalue weighted by atomic mass is 32.2. The fraction of sp³-hybridized carbons (Fsp3) is 0.706. The summed E-state index contributed by atoms with van der Waals surface area (Å²) in [6.07, 6.45) is -1.81. The van der Waals surface area contributed by atoms with Gasteiger partial charge in [0.15, 0.2) is 0 Å². The van der Waals surface area contributed by atoms with Crippen LogP contribution in [0.1, 0.15) is 22.6 Å². The summed E-state index contributed by atoms with van der Waals surface area (Å²) >= 11 is 1.86. The summed E-state index contributed by atoms with van der Waals surface area (Å²) in [4.78, 5) is 14.1. The molecular formula is C17H25F3N2O5S2. The highest BCUT2D eigenvalue weighted by molar-refractivity contribution is 7.88. The largest absolute Gasteiger partial charge is 0.490 e. The van der Waals surface area contributed by atoms with Crippen LogP contribution in [0.25, 0.3) is 0 Å². The predicted octanol–water partition coefficient (Wildman–Crippen LogP) is 2.22. The van der Waals surface area contributed by atoms with Crippen molar-refractivity contribution in [2.24, 2.45) is 5.92 Å². The van der Waals surface area contributed by atoms with Crippen LogP contribution >= 0.6 is 11.3 Å². The quantitative estimate of drug-likeness (QED) is 0.703. The minimum Gasteiger partial charge on any atom is -0.475 e. The summed E-state index contributed by atoms with van der Waals surface area (Å²) in [7, 11) is -3.10. The van der Waals surface area contributed by atoms with Gasteiger partial charge < -0.3 is 9.84 Å². The van der Waals surface area contributed by atoms with Crippen molar-refractivity contribution in [3.8, 4) is 0 Å². The second-order valence-corrected chi connectivity index (χ2v) is 10.7. The van der Waals surface area contributed by atoms with Crippen LogP contribution in [0.3, 0.4) is 0 Å². The van der Waals surface area contributed by atoms with E-state index in [1.54, 1.807) is 0 Å². The number of thiophene rings is 1. The lowest BCUT2D eigenvalue weighted by Gasteiger charge is -2.52. The van der Waals surface area contributed by atoms with Gasteiger partial charge in [-0.1, -0.05) is 0 Å². The molecule has 1 unspecified atom stereocenters. The first kappa shape index (κ1) is 24.1. The molecule has 2 N–H and O–H groups in total. The van der Waals surface area contributed by atoms with Crippen molar-refractivity contribution in [2.75, 3.05) is 32.5 Å². The molecule has 29 heavy (non-hydrogen) atoms. The van der Waals surface area contributed by atoms with E-state index in [9.17, 15) is 21.6 Å². The maximum atomic E-state index is 11.1. The second-order valence-electron chi connectivity index (χ2n) is 7.48. The minimum atomic E-state index is -5.08. The Bertz CT molecular complexity index is 794. The van der Waals surface area contributed by atoms with E-state index in [2.05, 4.69) is 28.7 Å². The molecule has 1 atom stereocenters. The summed E-state index contributed by atoms with van der Waals surface area (Å²) in [5, 5.41) is 7.12. The SMILES string of the molecule is Cc1ccc(CN2CC3(CCC(CNS(C)(=O)=O)CO3)C2)s1.O=C(O)C(F)(F)F. The Kier molecular flexibility index (Phi) is 7.71. The number of nitrogens with zero attached hydrogens (tertiary/aromatic N) is 1. The lowest BCUT2D eigenvalue weighted by Crippen LogP contribution is -2.64. The van der Waals surface area contributed by atoms with Crippen molar-refractivity contribution in [3.05, 3.63) is 21.9 Å². The van der Waals surface area contributed by atoms with Crippen LogP contribution in [0.5, 0.6) is 0 Å². The zero-order valence-electron chi connectivity index (χ0n) is 16.2. The lowest BCUT2D eigenvalue weighted by atomic mass is 9.83. The van der Waals surface area contributed by atoms with E-state index in [4.69, 9.17) is 14.6 Å². The third-order valence-electron chi connectivity index (χ3n) is 4.71. The number of likely N-dealkylation sites (tertiary alicyclic amines) is 1. The van der Waals surface area contributed by atoms with Crippen LogP contribution in [-0.2, 0) is 26.1 Å². The van der Waals surface area contributed by atoms with Crippen molar-refractivity contribution in [3.63, 3.8) is 0 Å². The molecule has 2 aliphatic rings. The summed E-state index contributed by atoms with van der Waals surface area (Å²) in [6.45, 7) is 6.30. The van der Waals surface area contributed by atoms with E-state index < -0.39 is 22.2 Å². The van der Waals surface area contributed by atoms with E-state index in [-0.39, 0.29) is 5.60 Å². The van der Waals surface area contributed by atoms with E-state index in [0.717, 1.165) is 32.5 Å². The molecule has 0 radical (unpaired) electrons. The second kappa shape index (κ2) is 9.29. The average molecular weight is 459 g/mol. The average Bonchev–Trinajstić information content (AvgIpc) is 2.97. The summed E-state index contributed by atoms with van der Waals surface area (Å²) in [5.41, 5.74) is 0.0217. The first-order chi connectivity index (χ1) is 13.3. The molecule has 1 aromatic rings. The topological polar surface area (TPSA) is 95.9 Å². The normalized spacial score (nSPS) is 21.9. The van der Waals surface area contributed by atoms with E-state index in [1.165, 1.54) is 16.0 Å². The number of sulfonamides is 1. The van der Waals surface area contributed by atoms with Gasteiger partial charge >= 0.3 is 12.1 Å². The molecule has 3 rings (SSSR count). The van der Waals surface area contributed by atoms with Crippen molar-refractivity contribution < 1.29 is 36.2 Å². The Morgan fingerprint density at radius 1 is 1.41 bits per heavy atom. The Morgan fingerprint density at radius 3 is 2.45 bits per heavy atom. The highest BCUT2D eigenvalue weighted by Crippen LogP contribution is 2.37. The Hall–Kier alpha value is -1.21. The third kappa shape index (κ3) is 7.85. The molecule has 166 valence electrons. The Morgan fingerprint density at radius 2 is 2.03 bits per heavy atom. The fourth-order valence-electron chi connectivity index (χ4n) is 3.27. The van der Waals surface area contributed by atoms with Gasteiger partial charge in [0.2, 0.25) is 10.0 Å². The standard InChI is InChI=1S/C15H24N2O3S2.C2HF3O2/c1-12-3-4-14(21-12)8-17-10-15(11-17)6-5-13(9-20-15)7-16-22(2,18)19;3-2(4,5)1(6)7/h3-4,13,16H,5-11H2,1-2H3;(H,6,7). The van der Waals surface area contributed by atoms with E-state index in [0.29, 0.717) is 19.1 Å². The van der Waals surface area contributed by atoms with Crippen molar-refractivity contribution in [1.82, 2.24) is 9.62 Å². The van der Waals surface area contributed by atoms with Crippen molar-refractivity contribution >= 4 is 27.3 Å². The number of aryl methyl sites for hydroxylation is 1. The summed E-state index contributed by atoms with van der Waals surface area (Å²) < 4.78 is 62.7. The number of nitrogens with one attached hydrogen (secondary N) is 1. The maximum absolute atomic E-state index is 11.1. The zero-order chi connectivity index (χ0) is 21.9. The van der Waals surface area contributed by atoms with Crippen molar-refractivity contribution in [1.29, 1.82) is 0 Å². The Labute approximate surface area is 171 Å². The van der Waals surface area contributed by atoms with Gasteiger partial charge in [-0.2, -0.15) is 13.2 Å². The fourth-order valence-corrected chi connectivity index (χ4v) is 4.74. The van der Waals surface area contributed by atoms with Crippen LogP contribution in [0.4, 0.5) is 13.2 Å². The third-order valence-corrected chi connectivity index (χ3v) is 6.39. The molecule has 2 saturated heterocycles. The molecule has 2 aliphatic heterocycles. The maximum Gasteiger partial charge on any atom is 0.490 e. The molecule has 1 aromatic heterocycles. The number of carboxylic acids is 1. The number of alkyl halides is 3. The zero-order valence-corrected chi connectivity index (χ0v) is 17.8. The monoisotopic (exact) mass is 458 g/mol. The van der Waals surface area contributed by atoms with Crippen molar-refractivity contribution in [2.45, 2.75) is 38.1 Å². The number of hydrogen-bond acceptors (Lipinski definition) is 6. The van der Waals surface area contributed by atoms with Gasteiger partial charge in [-0.05, 0) is 37.8 Å². The van der Waals surface area contributed by atoms with Crippen LogP contribution in [0.2, 0.25) is 0 Å². The van der Waals surface area contributed by atoms with Gasteiger partial charge in [-0.15, -0.1) is 11.3 Å². The molecule has 12 heteroatoms. The number of hydrogen-bond donors (Lipinski definition) is 2. The number of halogens is 3. The lowest BCUT2D eigenvalue weighted by molar-refractivity contribution is -0.192. The first-order valence-corrected chi connectivity index (χ1v) is 11.7. The van der Waals surface area contributed by atoms with E-state index >= 15 is 0 Å². The van der Waals surface area contributed by atoms with Gasteiger partial charge in [-0.25, -0.2) is 17.9 Å².